The van der Waals surface area contributed by atoms with Gasteiger partial charge < -0.3 is 10.6 Å². The van der Waals surface area contributed by atoms with E-state index in [9.17, 15) is 4.79 Å². The van der Waals surface area contributed by atoms with Gasteiger partial charge in [-0.15, -0.1) is 0 Å². The molecular formula is C17H27N3O. The molecule has 2 N–H and O–H groups in total. The highest BCUT2D eigenvalue weighted by molar-refractivity contribution is 5.81. The minimum absolute atomic E-state index is 0.0910. The lowest BCUT2D eigenvalue weighted by Gasteiger charge is -2.31. The van der Waals surface area contributed by atoms with Crippen molar-refractivity contribution in [2.24, 2.45) is 5.73 Å². The van der Waals surface area contributed by atoms with Crippen molar-refractivity contribution < 1.29 is 4.79 Å². The Hall–Kier alpha value is -1.39. The van der Waals surface area contributed by atoms with Crippen LogP contribution in [0.4, 0.5) is 0 Å². The zero-order valence-electron chi connectivity index (χ0n) is 13.2. The van der Waals surface area contributed by atoms with Crippen molar-refractivity contribution in [3.05, 3.63) is 35.9 Å². The summed E-state index contributed by atoms with van der Waals surface area (Å²) in [6, 6.07) is 10.4. The molecule has 1 heterocycles. The molecule has 1 aromatic rings. The van der Waals surface area contributed by atoms with Crippen molar-refractivity contribution >= 4 is 5.91 Å². The first-order chi connectivity index (χ1) is 10.1. The number of carbonyl (C=O) groups is 1. The van der Waals surface area contributed by atoms with E-state index >= 15 is 0 Å². The lowest BCUT2D eigenvalue weighted by Crippen LogP contribution is -2.48. The van der Waals surface area contributed by atoms with Crippen LogP contribution in [-0.4, -0.2) is 47.4 Å². The van der Waals surface area contributed by atoms with Gasteiger partial charge in [0.2, 0.25) is 5.91 Å². The Morgan fingerprint density at radius 3 is 2.76 bits per heavy atom. The normalized spacial score (nSPS) is 20.0. The molecule has 21 heavy (non-hydrogen) atoms. The molecule has 4 heteroatoms. The zero-order chi connectivity index (χ0) is 15.2. The number of carbonyl (C=O) groups excluding carboxylic acids is 1. The first-order valence-electron chi connectivity index (χ1n) is 7.94. The maximum atomic E-state index is 12.2. The summed E-state index contributed by atoms with van der Waals surface area (Å²) in [7, 11) is 0. The Kier molecular flexibility index (Phi) is 5.76. The minimum atomic E-state index is -0.394. The molecule has 2 rings (SSSR count). The summed E-state index contributed by atoms with van der Waals surface area (Å²) in [5.74, 6) is 0.0910. The third-order valence-corrected chi connectivity index (χ3v) is 4.21. The van der Waals surface area contributed by atoms with Gasteiger partial charge in [0.15, 0.2) is 0 Å². The van der Waals surface area contributed by atoms with Gasteiger partial charge in [-0.3, -0.25) is 9.69 Å². The number of likely N-dealkylation sites (N-methyl/N-ethyl adjacent to an activating group) is 1. The molecule has 1 saturated heterocycles. The molecule has 0 radical (unpaired) electrons. The van der Waals surface area contributed by atoms with Gasteiger partial charge in [0.05, 0.1) is 6.04 Å². The van der Waals surface area contributed by atoms with Crippen LogP contribution < -0.4 is 5.73 Å². The molecule has 0 aliphatic carbocycles. The number of benzene rings is 1. The van der Waals surface area contributed by atoms with E-state index in [1.165, 1.54) is 5.56 Å². The van der Waals surface area contributed by atoms with E-state index in [2.05, 4.69) is 36.1 Å². The summed E-state index contributed by atoms with van der Waals surface area (Å²) in [5.41, 5.74) is 7.08. The average molecular weight is 289 g/mol. The van der Waals surface area contributed by atoms with Gasteiger partial charge in [-0.2, -0.15) is 0 Å². The number of hydrogen-bond donors (Lipinski definition) is 1. The summed E-state index contributed by atoms with van der Waals surface area (Å²) >= 11 is 0. The number of likely N-dealkylation sites (tertiary alicyclic amines) is 1. The summed E-state index contributed by atoms with van der Waals surface area (Å²) in [6.45, 7) is 7.67. The summed E-state index contributed by atoms with van der Waals surface area (Å²) < 4.78 is 0. The van der Waals surface area contributed by atoms with Crippen molar-refractivity contribution in [2.45, 2.75) is 45.3 Å². The Morgan fingerprint density at radius 2 is 2.14 bits per heavy atom. The molecule has 1 fully saturated rings. The predicted molar refractivity (Wildman–Crippen MR) is 85.8 cm³/mol. The number of rotatable bonds is 6. The standard InChI is InChI=1S/C17H27N3O/c1-3-19(12-15-8-5-4-6-9-15)13-16-10-7-11-20(16)17(21)14(2)18/h4-6,8-9,14,16H,3,7,10-13,18H2,1-2H3. The van der Waals surface area contributed by atoms with E-state index in [-0.39, 0.29) is 5.91 Å². The molecule has 2 atom stereocenters. The van der Waals surface area contributed by atoms with Crippen LogP contribution in [0.2, 0.25) is 0 Å². The van der Waals surface area contributed by atoms with Gasteiger partial charge in [0, 0.05) is 25.7 Å². The molecule has 1 aromatic carbocycles. The first-order valence-corrected chi connectivity index (χ1v) is 7.94. The topological polar surface area (TPSA) is 49.6 Å². The fourth-order valence-electron chi connectivity index (χ4n) is 3.02. The van der Waals surface area contributed by atoms with Crippen molar-refractivity contribution in [3.63, 3.8) is 0 Å². The molecule has 0 saturated carbocycles. The van der Waals surface area contributed by atoms with E-state index in [0.29, 0.717) is 6.04 Å². The lowest BCUT2D eigenvalue weighted by molar-refractivity contribution is -0.133. The maximum absolute atomic E-state index is 12.2. The van der Waals surface area contributed by atoms with Crippen LogP contribution in [0.25, 0.3) is 0 Å². The van der Waals surface area contributed by atoms with Gasteiger partial charge in [-0.1, -0.05) is 37.3 Å². The second-order valence-electron chi connectivity index (χ2n) is 5.93. The van der Waals surface area contributed by atoms with E-state index in [1.54, 1.807) is 6.92 Å². The van der Waals surface area contributed by atoms with E-state index in [4.69, 9.17) is 5.73 Å². The van der Waals surface area contributed by atoms with Crippen molar-refractivity contribution in [2.75, 3.05) is 19.6 Å². The van der Waals surface area contributed by atoms with Crippen LogP contribution in [0.3, 0.4) is 0 Å². The van der Waals surface area contributed by atoms with Crippen molar-refractivity contribution in [3.8, 4) is 0 Å². The van der Waals surface area contributed by atoms with Crippen LogP contribution in [0, 0.1) is 0 Å². The molecule has 0 spiro atoms. The fourth-order valence-corrected chi connectivity index (χ4v) is 3.02. The molecule has 1 aliphatic rings. The third-order valence-electron chi connectivity index (χ3n) is 4.21. The fraction of sp³-hybridized carbons (Fsp3) is 0.588. The van der Waals surface area contributed by atoms with Crippen molar-refractivity contribution in [1.82, 2.24) is 9.80 Å². The number of hydrogen-bond acceptors (Lipinski definition) is 3. The van der Waals surface area contributed by atoms with E-state index in [0.717, 1.165) is 39.0 Å². The largest absolute Gasteiger partial charge is 0.337 e. The van der Waals surface area contributed by atoms with E-state index < -0.39 is 6.04 Å². The summed E-state index contributed by atoms with van der Waals surface area (Å²) in [5, 5.41) is 0. The van der Waals surface area contributed by atoms with Gasteiger partial charge in [0.1, 0.15) is 0 Å². The molecule has 0 aromatic heterocycles. The van der Waals surface area contributed by atoms with Crippen LogP contribution in [0.15, 0.2) is 30.3 Å². The van der Waals surface area contributed by atoms with Gasteiger partial charge in [-0.25, -0.2) is 0 Å². The summed E-state index contributed by atoms with van der Waals surface area (Å²) in [4.78, 5) is 16.6. The molecule has 116 valence electrons. The third kappa shape index (κ3) is 4.29. The van der Waals surface area contributed by atoms with Gasteiger partial charge in [0.25, 0.3) is 0 Å². The highest BCUT2D eigenvalue weighted by Gasteiger charge is 2.31. The van der Waals surface area contributed by atoms with Crippen LogP contribution >= 0.6 is 0 Å². The molecule has 2 unspecified atom stereocenters. The Labute approximate surface area is 127 Å². The van der Waals surface area contributed by atoms with Crippen LogP contribution in [0.5, 0.6) is 0 Å². The highest BCUT2D eigenvalue weighted by Crippen LogP contribution is 2.20. The molecule has 0 bridgehead atoms. The molecule has 4 nitrogen and oxygen atoms in total. The second kappa shape index (κ2) is 7.57. The smallest absolute Gasteiger partial charge is 0.239 e. The SMILES string of the molecule is CCN(Cc1ccccc1)CC1CCCN1C(=O)C(C)N. The number of nitrogens with two attached hydrogens (primary N) is 1. The van der Waals surface area contributed by atoms with Crippen LogP contribution in [0.1, 0.15) is 32.3 Å². The van der Waals surface area contributed by atoms with Crippen LogP contribution in [-0.2, 0) is 11.3 Å². The van der Waals surface area contributed by atoms with Crippen molar-refractivity contribution in [1.29, 1.82) is 0 Å². The monoisotopic (exact) mass is 289 g/mol. The Morgan fingerprint density at radius 1 is 1.43 bits per heavy atom. The van der Waals surface area contributed by atoms with E-state index in [1.807, 2.05) is 11.0 Å². The quantitative estimate of drug-likeness (QED) is 0.869. The van der Waals surface area contributed by atoms with Gasteiger partial charge >= 0.3 is 0 Å². The Bertz CT molecular complexity index is 447. The molecular weight excluding hydrogens is 262 g/mol. The highest BCUT2D eigenvalue weighted by atomic mass is 16.2. The number of amides is 1. The predicted octanol–water partition coefficient (Wildman–Crippen LogP) is 1.85. The molecule has 1 aliphatic heterocycles. The first kappa shape index (κ1) is 16.0. The minimum Gasteiger partial charge on any atom is -0.337 e. The molecule has 1 amide bonds. The number of nitrogens with zero attached hydrogens (tertiary/aromatic N) is 2. The Balaban J connectivity index is 1.96. The average Bonchev–Trinajstić information content (AvgIpc) is 2.94. The maximum Gasteiger partial charge on any atom is 0.239 e. The van der Waals surface area contributed by atoms with Gasteiger partial charge in [-0.05, 0) is 31.9 Å². The second-order valence-corrected chi connectivity index (χ2v) is 5.93. The summed E-state index contributed by atoms with van der Waals surface area (Å²) in [6.07, 6.45) is 2.18. The zero-order valence-corrected chi connectivity index (χ0v) is 13.2. The lowest BCUT2D eigenvalue weighted by atomic mass is 10.1.